The summed E-state index contributed by atoms with van der Waals surface area (Å²) in [5.74, 6) is -0.362. The number of rotatable bonds is 9. The Hall–Kier alpha value is -4.02. The van der Waals surface area contributed by atoms with Crippen LogP contribution in [0.15, 0.2) is 72.8 Å². The molecule has 208 valence electrons. The van der Waals surface area contributed by atoms with Gasteiger partial charge >= 0.3 is 0 Å². The molecular weight excluding hydrogens is 531 g/mol. The van der Waals surface area contributed by atoms with Gasteiger partial charge in [0.2, 0.25) is 5.91 Å². The number of nitrogens with one attached hydrogen (secondary N) is 1. The number of hydrogen-bond acceptors (Lipinski definition) is 6. The Labute approximate surface area is 238 Å². The lowest BCUT2D eigenvalue weighted by Crippen LogP contribution is -2.39. The third-order valence-corrected chi connectivity index (χ3v) is 7.53. The molecular formula is C30H31FN4O4S. The zero-order valence-corrected chi connectivity index (χ0v) is 23.0. The van der Waals surface area contributed by atoms with E-state index in [1.54, 1.807) is 36.3 Å². The van der Waals surface area contributed by atoms with Crippen molar-refractivity contribution in [2.45, 2.75) is 18.9 Å². The minimum absolute atomic E-state index is 0.0847. The summed E-state index contributed by atoms with van der Waals surface area (Å²) in [6.07, 6.45) is 0.545. The number of nitrogens with zero attached hydrogens (tertiary/aromatic N) is 3. The van der Waals surface area contributed by atoms with Crippen molar-refractivity contribution < 1.29 is 23.5 Å². The summed E-state index contributed by atoms with van der Waals surface area (Å²) in [6, 6.07) is 20.1. The van der Waals surface area contributed by atoms with Gasteiger partial charge < -0.3 is 24.6 Å². The van der Waals surface area contributed by atoms with Crippen molar-refractivity contribution in [3.8, 4) is 5.75 Å². The smallest absolute Gasteiger partial charge is 0.256 e. The van der Waals surface area contributed by atoms with Gasteiger partial charge in [0.25, 0.3) is 5.91 Å². The number of thiocarbonyl (C=S) groups is 1. The summed E-state index contributed by atoms with van der Waals surface area (Å²) in [4.78, 5) is 32.1. The molecule has 8 nitrogen and oxygen atoms in total. The van der Waals surface area contributed by atoms with E-state index in [0.29, 0.717) is 35.2 Å². The average Bonchev–Trinajstić information content (AvgIpc) is 3.21. The van der Waals surface area contributed by atoms with Crippen LogP contribution < -0.4 is 19.9 Å². The van der Waals surface area contributed by atoms with E-state index in [4.69, 9.17) is 21.7 Å². The number of anilines is 3. The molecule has 3 aromatic rings. The summed E-state index contributed by atoms with van der Waals surface area (Å²) < 4.78 is 24.2. The van der Waals surface area contributed by atoms with E-state index >= 15 is 0 Å². The second kappa shape index (κ2) is 12.4. The average molecular weight is 563 g/mol. The standard InChI is InChI=1S/C30H31FN4O4S/c1-38-26-12-6-23(7-13-26)32-28(36)20-27-29(37)35(25-10-4-22(31)5-11-25)30(40)34(27)15-14-21-2-8-24(9-3-21)33-16-18-39-19-17-33/h2-13,27H,14-20H2,1H3,(H,32,36). The Morgan fingerprint density at radius 2 is 1.65 bits per heavy atom. The van der Waals surface area contributed by atoms with Gasteiger partial charge in [0.05, 0.1) is 32.4 Å². The molecule has 10 heteroatoms. The number of ether oxygens (including phenoxy) is 2. The molecule has 0 saturated carbocycles. The van der Waals surface area contributed by atoms with Crippen molar-refractivity contribution in [3.63, 3.8) is 0 Å². The molecule has 0 aliphatic carbocycles. The topological polar surface area (TPSA) is 74.4 Å². The Morgan fingerprint density at radius 3 is 2.30 bits per heavy atom. The zero-order valence-electron chi connectivity index (χ0n) is 22.2. The highest BCUT2D eigenvalue weighted by Crippen LogP contribution is 2.28. The number of carbonyl (C=O) groups excluding carboxylic acids is 2. The van der Waals surface area contributed by atoms with Crippen molar-refractivity contribution in [2.24, 2.45) is 0 Å². The number of benzene rings is 3. The minimum Gasteiger partial charge on any atom is -0.497 e. The van der Waals surface area contributed by atoms with E-state index in [1.807, 2.05) is 0 Å². The number of carbonyl (C=O) groups is 2. The second-order valence-corrected chi connectivity index (χ2v) is 10.0. The Kier molecular flexibility index (Phi) is 8.57. The largest absolute Gasteiger partial charge is 0.497 e. The molecule has 40 heavy (non-hydrogen) atoms. The SMILES string of the molecule is COc1ccc(NC(=O)CC2C(=O)N(c3ccc(F)cc3)C(=S)N2CCc2ccc(N3CCOCC3)cc2)cc1. The first-order valence-electron chi connectivity index (χ1n) is 13.2. The third kappa shape index (κ3) is 6.24. The van der Waals surface area contributed by atoms with Crippen molar-refractivity contribution in [1.82, 2.24) is 4.90 Å². The molecule has 0 bridgehead atoms. The van der Waals surface area contributed by atoms with Crippen LogP contribution >= 0.6 is 12.2 Å². The molecule has 2 heterocycles. The number of morpholine rings is 1. The van der Waals surface area contributed by atoms with Gasteiger partial charge in [0.15, 0.2) is 5.11 Å². The molecule has 0 spiro atoms. The first kappa shape index (κ1) is 27.5. The van der Waals surface area contributed by atoms with Crippen LogP contribution in [0.3, 0.4) is 0 Å². The molecule has 3 aromatic carbocycles. The lowest BCUT2D eigenvalue weighted by Gasteiger charge is -2.29. The van der Waals surface area contributed by atoms with Crippen LogP contribution in [0.4, 0.5) is 21.5 Å². The molecule has 2 fully saturated rings. The second-order valence-electron chi connectivity index (χ2n) is 9.64. The maximum Gasteiger partial charge on any atom is 0.256 e. The van der Waals surface area contributed by atoms with Crippen molar-refractivity contribution in [2.75, 3.05) is 55.1 Å². The fourth-order valence-corrected chi connectivity index (χ4v) is 5.34. The fourth-order valence-electron chi connectivity index (χ4n) is 4.92. The van der Waals surface area contributed by atoms with Gasteiger partial charge in [-0.1, -0.05) is 12.1 Å². The maximum atomic E-state index is 13.6. The highest BCUT2D eigenvalue weighted by Gasteiger charge is 2.43. The summed E-state index contributed by atoms with van der Waals surface area (Å²) >= 11 is 5.74. The van der Waals surface area contributed by atoms with Gasteiger partial charge in [0.1, 0.15) is 17.6 Å². The first-order valence-corrected chi connectivity index (χ1v) is 13.6. The molecule has 2 aliphatic heterocycles. The minimum atomic E-state index is -0.788. The van der Waals surface area contributed by atoms with E-state index in [-0.39, 0.29) is 18.2 Å². The number of methoxy groups -OCH3 is 1. The van der Waals surface area contributed by atoms with Gasteiger partial charge in [-0.25, -0.2) is 4.39 Å². The molecule has 1 N–H and O–H groups in total. The zero-order chi connectivity index (χ0) is 28.1. The molecule has 2 amide bonds. The van der Waals surface area contributed by atoms with E-state index in [0.717, 1.165) is 37.6 Å². The van der Waals surface area contributed by atoms with E-state index in [2.05, 4.69) is 34.5 Å². The first-order chi connectivity index (χ1) is 19.4. The Morgan fingerprint density at radius 1 is 1.00 bits per heavy atom. The molecule has 1 unspecified atom stereocenters. The predicted molar refractivity (Wildman–Crippen MR) is 156 cm³/mol. The fraction of sp³-hybridized carbons (Fsp3) is 0.300. The third-order valence-electron chi connectivity index (χ3n) is 7.11. The van der Waals surface area contributed by atoms with Crippen LogP contribution in [-0.2, 0) is 20.7 Å². The van der Waals surface area contributed by atoms with Crippen molar-refractivity contribution >= 4 is 46.2 Å². The number of amides is 2. The van der Waals surface area contributed by atoms with E-state index in [1.165, 1.54) is 29.2 Å². The van der Waals surface area contributed by atoms with E-state index in [9.17, 15) is 14.0 Å². The van der Waals surface area contributed by atoms with Gasteiger partial charge in [-0.3, -0.25) is 14.5 Å². The van der Waals surface area contributed by atoms with Gasteiger partial charge in [-0.2, -0.15) is 0 Å². The van der Waals surface area contributed by atoms with Crippen LogP contribution in [0.1, 0.15) is 12.0 Å². The van der Waals surface area contributed by atoms with Crippen LogP contribution in [-0.4, -0.2) is 67.8 Å². The van der Waals surface area contributed by atoms with Gasteiger partial charge in [-0.15, -0.1) is 0 Å². The quantitative estimate of drug-likeness (QED) is 0.391. The number of halogens is 1. The Bertz CT molecular complexity index is 1350. The van der Waals surface area contributed by atoms with Crippen LogP contribution in [0, 0.1) is 5.82 Å². The summed E-state index contributed by atoms with van der Waals surface area (Å²) in [5, 5.41) is 3.15. The summed E-state index contributed by atoms with van der Waals surface area (Å²) in [5.41, 5.74) is 3.30. The molecule has 0 radical (unpaired) electrons. The predicted octanol–water partition coefficient (Wildman–Crippen LogP) is 4.24. The van der Waals surface area contributed by atoms with Crippen molar-refractivity contribution in [1.29, 1.82) is 0 Å². The molecule has 2 aliphatic rings. The van der Waals surface area contributed by atoms with Gasteiger partial charge in [-0.05, 0) is 84.9 Å². The van der Waals surface area contributed by atoms with Crippen LogP contribution in [0.25, 0.3) is 0 Å². The Balaban J connectivity index is 1.31. The molecule has 2 saturated heterocycles. The number of hydrogen-bond donors (Lipinski definition) is 1. The highest BCUT2D eigenvalue weighted by atomic mass is 32.1. The normalized spacial score (nSPS) is 17.4. The lowest BCUT2D eigenvalue weighted by molar-refractivity contribution is -0.124. The monoisotopic (exact) mass is 562 g/mol. The summed E-state index contributed by atoms with van der Waals surface area (Å²) in [6.45, 7) is 3.62. The van der Waals surface area contributed by atoms with Crippen LogP contribution in [0.5, 0.6) is 5.75 Å². The molecule has 1 atom stereocenters. The highest BCUT2D eigenvalue weighted by molar-refractivity contribution is 7.80. The van der Waals surface area contributed by atoms with Crippen molar-refractivity contribution in [3.05, 3.63) is 84.2 Å². The molecule has 5 rings (SSSR count). The van der Waals surface area contributed by atoms with Crippen LogP contribution in [0.2, 0.25) is 0 Å². The van der Waals surface area contributed by atoms with Gasteiger partial charge in [0, 0.05) is 31.0 Å². The van der Waals surface area contributed by atoms with E-state index < -0.39 is 11.9 Å². The molecule has 0 aromatic heterocycles. The lowest BCUT2D eigenvalue weighted by atomic mass is 10.1. The maximum absolute atomic E-state index is 13.6. The summed E-state index contributed by atoms with van der Waals surface area (Å²) in [7, 11) is 1.57.